The van der Waals surface area contributed by atoms with Crippen LogP contribution in [0, 0.1) is 29.6 Å². The molecule has 0 saturated heterocycles. The standard InChI is InChI=1S/C25H20N8O3S3/c1-15-31-32-25(38-15)33-39(35,36)18-9-7-17(8-10-18)29-21(34)11-12-37-24-20(14-27)22(16-5-3-2-4-6-16)19(13-26)23(28)30-24/h2-10H,11-12H2,1H3,(H2,28,30)(H,29,34)(H,32,33). The summed E-state index contributed by atoms with van der Waals surface area (Å²) in [4.78, 5) is 16.8. The van der Waals surface area contributed by atoms with Gasteiger partial charge in [0.2, 0.25) is 11.0 Å². The van der Waals surface area contributed by atoms with Gasteiger partial charge < -0.3 is 11.1 Å². The Labute approximate surface area is 232 Å². The molecular formula is C25H20N8O3S3. The fraction of sp³-hybridized carbons (Fsp3) is 0.120. The molecule has 0 aliphatic rings. The Morgan fingerprint density at radius 1 is 1.05 bits per heavy atom. The number of benzene rings is 2. The van der Waals surface area contributed by atoms with E-state index in [1.54, 1.807) is 31.2 Å². The van der Waals surface area contributed by atoms with Gasteiger partial charge in [-0.1, -0.05) is 41.7 Å². The van der Waals surface area contributed by atoms with E-state index in [2.05, 4.69) is 31.3 Å². The monoisotopic (exact) mass is 576 g/mol. The lowest BCUT2D eigenvalue weighted by Crippen LogP contribution is -2.14. The van der Waals surface area contributed by atoms with Gasteiger partial charge in [0.1, 0.15) is 33.6 Å². The minimum absolute atomic E-state index is 0.00615. The number of aryl methyl sites for hydroxylation is 1. The van der Waals surface area contributed by atoms with Crippen LogP contribution in [0.2, 0.25) is 0 Å². The third kappa shape index (κ3) is 6.50. The number of nitrogens with zero attached hydrogens (tertiary/aromatic N) is 5. The summed E-state index contributed by atoms with van der Waals surface area (Å²) >= 11 is 2.30. The molecule has 14 heteroatoms. The Morgan fingerprint density at radius 2 is 1.74 bits per heavy atom. The highest BCUT2D eigenvalue weighted by Gasteiger charge is 2.21. The molecule has 0 radical (unpaired) electrons. The summed E-state index contributed by atoms with van der Waals surface area (Å²) < 4.78 is 27.4. The number of pyridine rings is 1. The summed E-state index contributed by atoms with van der Waals surface area (Å²) in [6.45, 7) is 1.71. The van der Waals surface area contributed by atoms with Crippen molar-refractivity contribution in [2.24, 2.45) is 0 Å². The van der Waals surface area contributed by atoms with Crippen LogP contribution in [-0.4, -0.2) is 35.3 Å². The Morgan fingerprint density at radius 3 is 2.36 bits per heavy atom. The van der Waals surface area contributed by atoms with Gasteiger partial charge in [0.25, 0.3) is 10.0 Å². The molecule has 2 aromatic heterocycles. The maximum Gasteiger partial charge on any atom is 0.263 e. The highest BCUT2D eigenvalue weighted by molar-refractivity contribution is 7.99. The molecule has 4 N–H and O–H groups in total. The van der Waals surface area contributed by atoms with Gasteiger partial charge in [0.15, 0.2) is 0 Å². The molecule has 0 aliphatic heterocycles. The molecule has 0 spiro atoms. The van der Waals surface area contributed by atoms with Crippen LogP contribution in [0.1, 0.15) is 22.6 Å². The van der Waals surface area contributed by atoms with Gasteiger partial charge in [0.05, 0.1) is 10.5 Å². The summed E-state index contributed by atoms with van der Waals surface area (Å²) in [7, 11) is -3.85. The average molecular weight is 577 g/mol. The van der Waals surface area contributed by atoms with E-state index >= 15 is 0 Å². The number of nitrogens with two attached hydrogens (primary N) is 1. The number of nitrogens with one attached hydrogen (secondary N) is 2. The molecule has 0 saturated carbocycles. The largest absolute Gasteiger partial charge is 0.383 e. The van der Waals surface area contributed by atoms with Gasteiger partial charge in [-0.05, 0) is 36.8 Å². The van der Waals surface area contributed by atoms with E-state index in [0.717, 1.165) is 11.3 Å². The molecule has 196 valence electrons. The lowest BCUT2D eigenvalue weighted by atomic mass is 9.97. The molecule has 0 aliphatic carbocycles. The number of carbonyl (C=O) groups is 1. The first-order chi connectivity index (χ1) is 18.7. The number of aromatic nitrogens is 3. The second kappa shape index (κ2) is 11.9. The number of hydrogen-bond acceptors (Lipinski definition) is 11. The molecule has 0 atom stereocenters. The highest BCUT2D eigenvalue weighted by Crippen LogP contribution is 2.35. The predicted molar refractivity (Wildman–Crippen MR) is 149 cm³/mol. The average Bonchev–Trinajstić information content (AvgIpc) is 3.32. The SMILES string of the molecule is Cc1nnc(NS(=O)(=O)c2ccc(NC(=O)CCSc3nc(N)c(C#N)c(-c4ccccc4)c3C#N)cc2)s1. The third-order valence-electron chi connectivity index (χ3n) is 5.24. The number of sulfonamides is 1. The molecular weight excluding hydrogens is 557 g/mol. The topological polar surface area (TPSA) is 188 Å². The number of thioether (sulfide) groups is 1. The van der Waals surface area contributed by atoms with E-state index < -0.39 is 10.0 Å². The first kappa shape index (κ1) is 27.5. The Hall–Kier alpha value is -4.50. The van der Waals surface area contributed by atoms with Crippen molar-refractivity contribution in [1.82, 2.24) is 15.2 Å². The third-order valence-corrected chi connectivity index (χ3v) is 8.46. The van der Waals surface area contributed by atoms with E-state index in [4.69, 9.17) is 5.73 Å². The van der Waals surface area contributed by atoms with Crippen LogP contribution < -0.4 is 15.8 Å². The molecule has 0 fully saturated rings. The molecule has 39 heavy (non-hydrogen) atoms. The van der Waals surface area contributed by atoms with E-state index in [-0.39, 0.29) is 45.1 Å². The van der Waals surface area contributed by atoms with Crippen molar-refractivity contribution >= 4 is 55.7 Å². The minimum atomic E-state index is -3.85. The van der Waals surface area contributed by atoms with Crippen LogP contribution >= 0.6 is 23.1 Å². The van der Waals surface area contributed by atoms with E-state index in [1.165, 1.54) is 36.0 Å². The smallest absolute Gasteiger partial charge is 0.263 e. The highest BCUT2D eigenvalue weighted by atomic mass is 32.2. The molecule has 4 rings (SSSR count). The maximum atomic E-state index is 12.5. The first-order valence-electron chi connectivity index (χ1n) is 11.3. The van der Waals surface area contributed by atoms with E-state index in [9.17, 15) is 23.7 Å². The number of anilines is 3. The summed E-state index contributed by atoms with van der Waals surface area (Å²) in [5.41, 5.74) is 7.85. The van der Waals surface area contributed by atoms with E-state index in [0.29, 0.717) is 26.8 Å². The fourth-order valence-corrected chi connectivity index (χ4v) is 6.25. The van der Waals surface area contributed by atoms with Crippen LogP contribution in [0.3, 0.4) is 0 Å². The second-order valence-corrected chi connectivity index (χ2v) is 11.9. The van der Waals surface area contributed by atoms with Crippen LogP contribution in [0.15, 0.2) is 64.5 Å². The zero-order chi connectivity index (χ0) is 28.0. The normalized spacial score (nSPS) is 10.8. The van der Waals surface area contributed by atoms with Crippen molar-refractivity contribution < 1.29 is 13.2 Å². The van der Waals surface area contributed by atoms with Gasteiger partial charge >= 0.3 is 0 Å². The number of nitriles is 2. The fourth-order valence-electron chi connectivity index (χ4n) is 3.49. The van der Waals surface area contributed by atoms with Gasteiger partial charge in [0, 0.05) is 23.4 Å². The molecule has 11 nitrogen and oxygen atoms in total. The molecule has 0 unspecified atom stereocenters. The Bertz CT molecular complexity index is 1710. The van der Waals surface area contributed by atoms with Gasteiger partial charge in [-0.3, -0.25) is 9.52 Å². The zero-order valence-electron chi connectivity index (χ0n) is 20.4. The van der Waals surface area contributed by atoms with Gasteiger partial charge in [-0.15, -0.1) is 22.0 Å². The minimum Gasteiger partial charge on any atom is -0.383 e. The van der Waals surface area contributed by atoms with Crippen molar-refractivity contribution in [1.29, 1.82) is 10.5 Å². The quantitative estimate of drug-likeness (QED) is 0.244. The number of nitrogen functional groups attached to an aromatic ring is 1. The molecule has 2 aromatic carbocycles. The number of rotatable bonds is 9. The van der Waals surface area contributed by atoms with E-state index in [1.807, 2.05) is 12.1 Å². The molecule has 2 heterocycles. The second-order valence-electron chi connectivity index (χ2n) is 7.92. The Kier molecular flexibility index (Phi) is 8.41. The van der Waals surface area contributed by atoms with Crippen LogP contribution in [0.4, 0.5) is 16.6 Å². The summed E-state index contributed by atoms with van der Waals surface area (Å²) in [5, 5.41) is 30.8. The maximum absolute atomic E-state index is 12.5. The number of carbonyl (C=O) groups excluding carboxylic acids is 1. The summed E-state index contributed by atoms with van der Waals surface area (Å²) in [6, 6.07) is 18.8. The Balaban J connectivity index is 1.40. The van der Waals surface area contributed by atoms with Crippen molar-refractivity contribution in [3.8, 4) is 23.3 Å². The van der Waals surface area contributed by atoms with Crippen molar-refractivity contribution in [2.45, 2.75) is 23.3 Å². The summed E-state index contributed by atoms with van der Waals surface area (Å²) in [5.74, 6) is -0.0258. The number of amides is 1. The molecule has 1 amide bonds. The predicted octanol–water partition coefficient (Wildman–Crippen LogP) is 4.16. The van der Waals surface area contributed by atoms with Crippen LogP contribution in [0.25, 0.3) is 11.1 Å². The van der Waals surface area contributed by atoms with Crippen LogP contribution in [-0.2, 0) is 14.8 Å². The van der Waals surface area contributed by atoms with Crippen molar-refractivity contribution in [2.75, 3.05) is 21.5 Å². The lowest BCUT2D eigenvalue weighted by molar-refractivity contribution is -0.115. The van der Waals surface area contributed by atoms with Crippen molar-refractivity contribution in [3.63, 3.8) is 0 Å². The first-order valence-corrected chi connectivity index (χ1v) is 14.5. The van der Waals surface area contributed by atoms with Gasteiger partial charge in [-0.2, -0.15) is 10.5 Å². The molecule has 0 bridgehead atoms. The molecule has 4 aromatic rings. The summed E-state index contributed by atoms with van der Waals surface area (Å²) in [6.07, 6.45) is 0.0792. The zero-order valence-corrected chi connectivity index (χ0v) is 22.8. The lowest BCUT2D eigenvalue weighted by Gasteiger charge is -2.13. The van der Waals surface area contributed by atoms with Crippen LogP contribution in [0.5, 0.6) is 0 Å². The van der Waals surface area contributed by atoms with Crippen molar-refractivity contribution in [3.05, 3.63) is 70.7 Å². The van der Waals surface area contributed by atoms with Gasteiger partial charge in [-0.25, -0.2) is 13.4 Å². The number of hydrogen-bond donors (Lipinski definition) is 3.